The second kappa shape index (κ2) is 6.82. The predicted molar refractivity (Wildman–Crippen MR) is 81.9 cm³/mol. The van der Waals surface area contributed by atoms with Gasteiger partial charge in [0.25, 0.3) is 0 Å². The molecule has 18 heavy (non-hydrogen) atoms. The Balaban J connectivity index is 0.000000180. The molecule has 0 aliphatic carbocycles. The summed E-state index contributed by atoms with van der Waals surface area (Å²) in [5, 5.41) is 1.71. The second-order valence-corrected chi connectivity index (χ2v) is 5.32. The molecule has 0 radical (unpaired) electrons. The van der Waals surface area contributed by atoms with Crippen LogP contribution in [0.25, 0.3) is 0 Å². The Labute approximate surface area is 120 Å². The van der Waals surface area contributed by atoms with Crippen molar-refractivity contribution in [3.63, 3.8) is 0 Å². The first-order valence-electron chi connectivity index (χ1n) is 5.85. The maximum absolute atomic E-state index is 5.81. The average molecular weight is 281 g/mol. The van der Waals surface area contributed by atoms with Gasteiger partial charge in [-0.25, -0.2) is 0 Å². The molecule has 0 heterocycles. The lowest BCUT2D eigenvalue weighted by molar-refractivity contribution is 1.40. The van der Waals surface area contributed by atoms with Crippen molar-refractivity contribution in [2.45, 2.75) is 27.7 Å². The summed E-state index contributed by atoms with van der Waals surface area (Å²) in [6.07, 6.45) is 0. The van der Waals surface area contributed by atoms with Crippen LogP contribution in [-0.4, -0.2) is 0 Å². The van der Waals surface area contributed by atoms with E-state index in [1.165, 1.54) is 11.1 Å². The molecule has 2 heteroatoms. The zero-order valence-corrected chi connectivity index (χ0v) is 12.7. The molecule has 0 N–H and O–H groups in total. The van der Waals surface area contributed by atoms with E-state index in [1.807, 2.05) is 52.0 Å². The first kappa shape index (κ1) is 15.1. The summed E-state index contributed by atoms with van der Waals surface area (Å²) in [4.78, 5) is 0. The molecular formula is C16H18Cl2. The van der Waals surface area contributed by atoms with Crippen LogP contribution in [0.2, 0.25) is 10.0 Å². The van der Waals surface area contributed by atoms with Crippen molar-refractivity contribution in [2.75, 3.05) is 0 Å². The van der Waals surface area contributed by atoms with Gasteiger partial charge in [-0.15, -0.1) is 0 Å². The fourth-order valence-corrected chi connectivity index (χ4v) is 1.87. The number of hydrogen-bond acceptors (Lipinski definition) is 0. The summed E-state index contributed by atoms with van der Waals surface area (Å²) >= 11 is 11.6. The van der Waals surface area contributed by atoms with Crippen LogP contribution in [0.1, 0.15) is 22.3 Å². The van der Waals surface area contributed by atoms with Crippen LogP contribution in [0.3, 0.4) is 0 Å². The van der Waals surface area contributed by atoms with E-state index in [4.69, 9.17) is 23.2 Å². The molecular weight excluding hydrogens is 263 g/mol. The van der Waals surface area contributed by atoms with Crippen molar-refractivity contribution in [3.05, 3.63) is 68.7 Å². The van der Waals surface area contributed by atoms with E-state index >= 15 is 0 Å². The number of rotatable bonds is 0. The molecule has 0 atom stereocenters. The van der Waals surface area contributed by atoms with Crippen LogP contribution in [-0.2, 0) is 0 Å². The number of halogens is 2. The zero-order chi connectivity index (χ0) is 13.7. The van der Waals surface area contributed by atoms with Gasteiger partial charge in [0, 0.05) is 10.0 Å². The minimum absolute atomic E-state index is 0.856. The zero-order valence-electron chi connectivity index (χ0n) is 11.2. The van der Waals surface area contributed by atoms with Gasteiger partial charge in [0.15, 0.2) is 0 Å². The Morgan fingerprint density at radius 3 is 1.17 bits per heavy atom. The molecule has 0 aliphatic heterocycles. The van der Waals surface area contributed by atoms with E-state index < -0.39 is 0 Å². The third-order valence-electron chi connectivity index (χ3n) is 2.65. The van der Waals surface area contributed by atoms with Gasteiger partial charge >= 0.3 is 0 Å². The lowest BCUT2D eigenvalue weighted by Crippen LogP contribution is -1.75. The van der Waals surface area contributed by atoms with Crippen molar-refractivity contribution in [3.8, 4) is 0 Å². The molecule has 0 amide bonds. The Morgan fingerprint density at radius 1 is 0.611 bits per heavy atom. The van der Waals surface area contributed by atoms with Crippen LogP contribution >= 0.6 is 23.2 Å². The number of hydrogen-bond donors (Lipinski definition) is 0. The monoisotopic (exact) mass is 280 g/mol. The molecule has 0 bridgehead atoms. The van der Waals surface area contributed by atoms with E-state index in [-0.39, 0.29) is 0 Å². The van der Waals surface area contributed by atoms with Crippen LogP contribution in [0.15, 0.2) is 36.4 Å². The highest BCUT2D eigenvalue weighted by Gasteiger charge is 1.92. The van der Waals surface area contributed by atoms with Gasteiger partial charge in [0.05, 0.1) is 0 Å². The third kappa shape index (κ3) is 4.72. The first-order chi connectivity index (χ1) is 8.40. The highest BCUT2D eigenvalue weighted by molar-refractivity contribution is 6.31. The van der Waals surface area contributed by atoms with Gasteiger partial charge in [-0.3, -0.25) is 0 Å². The van der Waals surface area contributed by atoms with E-state index in [9.17, 15) is 0 Å². The molecule has 0 saturated heterocycles. The number of aryl methyl sites for hydroxylation is 4. The molecule has 0 aromatic heterocycles. The maximum Gasteiger partial charge on any atom is 0.0437 e. The second-order valence-electron chi connectivity index (χ2n) is 4.51. The van der Waals surface area contributed by atoms with Crippen molar-refractivity contribution < 1.29 is 0 Å². The minimum Gasteiger partial charge on any atom is -0.0840 e. The third-order valence-corrected chi connectivity index (χ3v) is 3.47. The highest BCUT2D eigenvalue weighted by atomic mass is 35.5. The first-order valence-corrected chi connectivity index (χ1v) is 6.61. The predicted octanol–water partition coefficient (Wildman–Crippen LogP) is 5.91. The van der Waals surface area contributed by atoms with E-state index in [0.717, 1.165) is 21.2 Å². The van der Waals surface area contributed by atoms with Crippen LogP contribution in [0.5, 0.6) is 0 Å². The van der Waals surface area contributed by atoms with Crippen molar-refractivity contribution in [1.82, 2.24) is 0 Å². The van der Waals surface area contributed by atoms with Gasteiger partial charge in [-0.2, -0.15) is 0 Å². The normalized spacial score (nSPS) is 9.67. The fraction of sp³-hybridized carbons (Fsp3) is 0.250. The standard InChI is InChI=1S/2C8H9Cl/c2*1-6-3-4-7(2)8(9)5-6/h2*3-5H,1-2H3. The Kier molecular flexibility index (Phi) is 5.71. The summed E-state index contributed by atoms with van der Waals surface area (Å²) in [7, 11) is 0. The molecule has 96 valence electrons. The smallest absolute Gasteiger partial charge is 0.0437 e. The van der Waals surface area contributed by atoms with Crippen LogP contribution < -0.4 is 0 Å². The van der Waals surface area contributed by atoms with Gasteiger partial charge in [-0.1, -0.05) is 47.5 Å². The molecule has 0 unspecified atom stereocenters. The molecule has 0 saturated carbocycles. The van der Waals surface area contributed by atoms with Crippen molar-refractivity contribution in [1.29, 1.82) is 0 Å². The van der Waals surface area contributed by atoms with Gasteiger partial charge in [0.1, 0.15) is 0 Å². The SMILES string of the molecule is Cc1ccc(C)c(Cl)c1.Cc1ccc(C)c(Cl)c1. The van der Waals surface area contributed by atoms with E-state index in [2.05, 4.69) is 12.1 Å². The molecule has 2 rings (SSSR count). The average Bonchev–Trinajstić information content (AvgIpc) is 2.30. The molecule has 0 nitrogen and oxygen atoms in total. The summed E-state index contributed by atoms with van der Waals surface area (Å²) in [6.45, 7) is 8.07. The van der Waals surface area contributed by atoms with Gasteiger partial charge < -0.3 is 0 Å². The quantitative estimate of drug-likeness (QED) is 0.562. The largest absolute Gasteiger partial charge is 0.0840 e. The lowest BCUT2D eigenvalue weighted by atomic mass is 10.2. The van der Waals surface area contributed by atoms with Gasteiger partial charge in [-0.05, 0) is 62.1 Å². The Hall–Kier alpha value is -0.980. The summed E-state index contributed by atoms with van der Waals surface area (Å²) < 4.78 is 0. The lowest BCUT2D eigenvalue weighted by Gasteiger charge is -1.96. The van der Waals surface area contributed by atoms with Crippen molar-refractivity contribution in [2.24, 2.45) is 0 Å². The minimum atomic E-state index is 0.856. The van der Waals surface area contributed by atoms with Crippen LogP contribution in [0.4, 0.5) is 0 Å². The Bertz CT molecular complexity index is 481. The molecule has 0 spiro atoms. The fourth-order valence-electron chi connectivity index (χ4n) is 1.40. The highest BCUT2D eigenvalue weighted by Crippen LogP contribution is 2.16. The molecule has 2 aromatic rings. The summed E-state index contributed by atoms with van der Waals surface area (Å²) in [5.74, 6) is 0. The molecule has 0 fully saturated rings. The topological polar surface area (TPSA) is 0 Å². The molecule has 0 aliphatic rings. The summed E-state index contributed by atoms with van der Waals surface area (Å²) in [5.41, 5.74) is 4.71. The van der Waals surface area contributed by atoms with Crippen LogP contribution in [0, 0.1) is 27.7 Å². The van der Waals surface area contributed by atoms with Crippen molar-refractivity contribution >= 4 is 23.2 Å². The molecule has 2 aromatic carbocycles. The Morgan fingerprint density at radius 2 is 0.944 bits per heavy atom. The van der Waals surface area contributed by atoms with Gasteiger partial charge in [0.2, 0.25) is 0 Å². The maximum atomic E-state index is 5.81. The van der Waals surface area contributed by atoms with E-state index in [0.29, 0.717) is 0 Å². The number of benzene rings is 2. The summed E-state index contributed by atoms with van der Waals surface area (Å²) in [6, 6.07) is 12.1. The van der Waals surface area contributed by atoms with E-state index in [1.54, 1.807) is 0 Å².